The van der Waals surface area contributed by atoms with Gasteiger partial charge in [-0.2, -0.15) is 0 Å². The molecule has 0 amide bonds. The molecule has 1 aromatic heterocycles. The summed E-state index contributed by atoms with van der Waals surface area (Å²) < 4.78 is 5.54. The third kappa shape index (κ3) is 1.96. The number of hydrogen-bond donors (Lipinski definition) is 2. The van der Waals surface area contributed by atoms with Gasteiger partial charge in [-0.15, -0.1) is 0 Å². The second-order valence-corrected chi connectivity index (χ2v) is 3.08. The molecule has 2 heterocycles. The molecule has 0 aromatic carbocycles. The molecule has 4 nitrogen and oxygen atoms in total. The maximum Gasteiger partial charge on any atom is 0.112 e. The smallest absolute Gasteiger partial charge is 0.112 e. The maximum absolute atomic E-state index is 5.54. The zero-order valence-electron chi connectivity index (χ0n) is 7.36. The molecule has 1 aliphatic heterocycles. The molecular formula is C9H13N3O. The molecule has 70 valence electrons. The monoisotopic (exact) mass is 179 g/mol. The minimum absolute atomic E-state index is 0.0781. The van der Waals surface area contributed by atoms with Crippen molar-refractivity contribution in [2.24, 2.45) is 0 Å². The summed E-state index contributed by atoms with van der Waals surface area (Å²) in [4.78, 5) is 4.21. The van der Waals surface area contributed by atoms with Crippen molar-refractivity contribution < 1.29 is 4.74 Å². The Morgan fingerprint density at radius 1 is 1.54 bits per heavy atom. The van der Waals surface area contributed by atoms with Crippen molar-refractivity contribution in [1.82, 2.24) is 10.3 Å². The van der Waals surface area contributed by atoms with Crippen LogP contribution in [0.25, 0.3) is 0 Å². The highest BCUT2D eigenvalue weighted by molar-refractivity contribution is 5.34. The van der Waals surface area contributed by atoms with E-state index in [2.05, 4.69) is 10.3 Å². The summed E-state index contributed by atoms with van der Waals surface area (Å²) in [6.45, 7) is 2.50. The lowest BCUT2D eigenvalue weighted by Gasteiger charge is -2.22. The number of morpholine rings is 1. The van der Waals surface area contributed by atoms with Gasteiger partial charge in [0.1, 0.15) is 6.10 Å². The van der Waals surface area contributed by atoms with E-state index in [9.17, 15) is 0 Å². The zero-order valence-corrected chi connectivity index (χ0v) is 7.36. The molecule has 1 unspecified atom stereocenters. The van der Waals surface area contributed by atoms with Gasteiger partial charge in [0.05, 0.1) is 24.2 Å². The van der Waals surface area contributed by atoms with Crippen LogP contribution < -0.4 is 11.1 Å². The van der Waals surface area contributed by atoms with E-state index in [1.54, 1.807) is 6.20 Å². The van der Waals surface area contributed by atoms with Gasteiger partial charge >= 0.3 is 0 Å². The highest BCUT2D eigenvalue weighted by atomic mass is 16.5. The van der Waals surface area contributed by atoms with Crippen LogP contribution in [0.15, 0.2) is 18.3 Å². The summed E-state index contributed by atoms with van der Waals surface area (Å²) in [5.41, 5.74) is 7.17. The van der Waals surface area contributed by atoms with Crippen LogP contribution in [0.3, 0.4) is 0 Å². The molecule has 1 fully saturated rings. The standard InChI is InChI=1S/C9H13N3O/c10-7-1-2-8(12-5-7)9-6-11-3-4-13-9/h1-2,5,9,11H,3-4,6,10H2. The van der Waals surface area contributed by atoms with E-state index in [4.69, 9.17) is 10.5 Å². The first kappa shape index (κ1) is 8.47. The highest BCUT2D eigenvalue weighted by Crippen LogP contribution is 2.16. The summed E-state index contributed by atoms with van der Waals surface area (Å²) in [5, 5.41) is 3.25. The second kappa shape index (κ2) is 3.72. The van der Waals surface area contributed by atoms with E-state index >= 15 is 0 Å². The van der Waals surface area contributed by atoms with E-state index in [0.717, 1.165) is 25.4 Å². The number of pyridine rings is 1. The molecule has 0 spiro atoms. The molecule has 1 aliphatic rings. The normalized spacial score (nSPS) is 22.9. The number of anilines is 1. The molecule has 0 radical (unpaired) electrons. The molecule has 0 bridgehead atoms. The molecule has 3 N–H and O–H groups in total. The van der Waals surface area contributed by atoms with Crippen LogP contribution in [0.2, 0.25) is 0 Å². The topological polar surface area (TPSA) is 60.2 Å². The van der Waals surface area contributed by atoms with Gasteiger partial charge in [0.25, 0.3) is 0 Å². The van der Waals surface area contributed by atoms with Crippen LogP contribution in [-0.4, -0.2) is 24.7 Å². The van der Waals surface area contributed by atoms with Gasteiger partial charge in [0, 0.05) is 13.1 Å². The highest BCUT2D eigenvalue weighted by Gasteiger charge is 2.16. The minimum Gasteiger partial charge on any atom is -0.397 e. The number of ether oxygens (including phenoxy) is 1. The first-order valence-corrected chi connectivity index (χ1v) is 4.40. The molecule has 1 saturated heterocycles. The first-order chi connectivity index (χ1) is 6.36. The molecule has 0 saturated carbocycles. The largest absolute Gasteiger partial charge is 0.397 e. The van der Waals surface area contributed by atoms with E-state index in [-0.39, 0.29) is 6.10 Å². The van der Waals surface area contributed by atoms with Gasteiger partial charge in [-0.25, -0.2) is 0 Å². The van der Waals surface area contributed by atoms with Crippen molar-refractivity contribution in [3.63, 3.8) is 0 Å². The van der Waals surface area contributed by atoms with Gasteiger partial charge in [0.2, 0.25) is 0 Å². The Morgan fingerprint density at radius 3 is 3.08 bits per heavy atom. The van der Waals surface area contributed by atoms with Crippen molar-refractivity contribution in [3.8, 4) is 0 Å². The third-order valence-electron chi connectivity index (χ3n) is 2.07. The molecule has 13 heavy (non-hydrogen) atoms. The fraction of sp³-hybridized carbons (Fsp3) is 0.444. The average molecular weight is 179 g/mol. The van der Waals surface area contributed by atoms with Gasteiger partial charge in [-0.05, 0) is 12.1 Å². The van der Waals surface area contributed by atoms with Crippen LogP contribution in [0, 0.1) is 0 Å². The van der Waals surface area contributed by atoms with Crippen LogP contribution >= 0.6 is 0 Å². The Hall–Kier alpha value is -1.13. The molecular weight excluding hydrogens is 166 g/mol. The quantitative estimate of drug-likeness (QED) is 0.652. The Kier molecular flexibility index (Phi) is 2.42. The van der Waals surface area contributed by atoms with E-state index < -0.39 is 0 Å². The summed E-state index contributed by atoms with van der Waals surface area (Å²) >= 11 is 0. The van der Waals surface area contributed by atoms with Crippen molar-refractivity contribution in [2.45, 2.75) is 6.10 Å². The number of hydrogen-bond acceptors (Lipinski definition) is 4. The van der Waals surface area contributed by atoms with Gasteiger partial charge in [-0.3, -0.25) is 4.98 Å². The lowest BCUT2D eigenvalue weighted by atomic mass is 10.2. The van der Waals surface area contributed by atoms with Crippen molar-refractivity contribution >= 4 is 5.69 Å². The Labute approximate surface area is 77.1 Å². The summed E-state index contributed by atoms with van der Waals surface area (Å²) in [6.07, 6.45) is 1.74. The summed E-state index contributed by atoms with van der Waals surface area (Å²) in [6, 6.07) is 3.76. The van der Waals surface area contributed by atoms with Gasteiger partial charge in [-0.1, -0.05) is 0 Å². The fourth-order valence-corrected chi connectivity index (χ4v) is 1.36. The number of nitrogens with two attached hydrogens (primary N) is 1. The number of nitrogen functional groups attached to an aromatic ring is 1. The lowest BCUT2D eigenvalue weighted by Crippen LogP contribution is -2.33. The molecule has 0 aliphatic carbocycles. The van der Waals surface area contributed by atoms with E-state index in [1.165, 1.54) is 0 Å². The number of nitrogens with zero attached hydrogens (tertiary/aromatic N) is 1. The van der Waals surface area contributed by atoms with E-state index in [1.807, 2.05) is 12.1 Å². The van der Waals surface area contributed by atoms with Gasteiger partial charge < -0.3 is 15.8 Å². The predicted octanol–water partition coefficient (Wildman–Crippen LogP) is 0.325. The van der Waals surface area contributed by atoms with Crippen LogP contribution in [-0.2, 0) is 4.74 Å². The fourth-order valence-electron chi connectivity index (χ4n) is 1.36. The zero-order chi connectivity index (χ0) is 9.10. The van der Waals surface area contributed by atoms with Crippen molar-refractivity contribution in [1.29, 1.82) is 0 Å². The Morgan fingerprint density at radius 2 is 2.46 bits per heavy atom. The van der Waals surface area contributed by atoms with Crippen LogP contribution in [0.1, 0.15) is 11.8 Å². The second-order valence-electron chi connectivity index (χ2n) is 3.08. The predicted molar refractivity (Wildman–Crippen MR) is 50.2 cm³/mol. The molecule has 2 rings (SSSR count). The molecule has 4 heteroatoms. The number of aromatic nitrogens is 1. The summed E-state index contributed by atoms with van der Waals surface area (Å²) in [5.74, 6) is 0. The SMILES string of the molecule is Nc1ccc(C2CNCCO2)nc1. The Bertz CT molecular complexity index is 267. The third-order valence-corrected chi connectivity index (χ3v) is 2.07. The van der Waals surface area contributed by atoms with Crippen LogP contribution in [0.4, 0.5) is 5.69 Å². The molecule has 1 aromatic rings. The molecule has 1 atom stereocenters. The van der Waals surface area contributed by atoms with Gasteiger partial charge in [0.15, 0.2) is 0 Å². The van der Waals surface area contributed by atoms with Crippen LogP contribution in [0.5, 0.6) is 0 Å². The average Bonchev–Trinajstić information content (AvgIpc) is 2.20. The summed E-state index contributed by atoms with van der Waals surface area (Å²) in [7, 11) is 0. The number of rotatable bonds is 1. The Balaban J connectivity index is 2.10. The minimum atomic E-state index is 0.0781. The maximum atomic E-state index is 5.54. The van der Waals surface area contributed by atoms with E-state index in [0.29, 0.717) is 5.69 Å². The lowest BCUT2D eigenvalue weighted by molar-refractivity contribution is 0.0250. The van der Waals surface area contributed by atoms with Crippen molar-refractivity contribution in [2.75, 3.05) is 25.4 Å². The number of nitrogens with one attached hydrogen (secondary N) is 1. The first-order valence-electron chi connectivity index (χ1n) is 4.40. The van der Waals surface area contributed by atoms with Crippen molar-refractivity contribution in [3.05, 3.63) is 24.0 Å².